The van der Waals surface area contributed by atoms with Crippen molar-refractivity contribution in [3.8, 4) is 5.92 Å². The Labute approximate surface area is 219 Å². The Bertz CT molecular complexity index is 1030. The van der Waals surface area contributed by atoms with Gasteiger partial charge in [0.15, 0.2) is 6.29 Å². The summed E-state index contributed by atoms with van der Waals surface area (Å²) in [7, 11) is 1.56. The maximum atomic E-state index is 7.86. The van der Waals surface area contributed by atoms with Crippen LogP contribution in [0.1, 0.15) is 16.7 Å². The molecule has 176 valence electrons. The zero-order valence-corrected chi connectivity index (χ0v) is 20.2. The minimum atomic E-state index is -0.758. The molecule has 1 saturated heterocycles. The van der Waals surface area contributed by atoms with E-state index in [1.54, 1.807) is 7.11 Å². The summed E-state index contributed by atoms with van der Waals surface area (Å²) in [5.41, 5.74) is 3.08. The van der Waals surface area contributed by atoms with Crippen molar-refractivity contribution in [1.29, 1.82) is 0 Å². The van der Waals surface area contributed by atoms with Gasteiger partial charge in [0, 0.05) is 7.11 Å². The van der Waals surface area contributed by atoms with Crippen LogP contribution in [0.15, 0.2) is 91.0 Å². The van der Waals surface area contributed by atoms with E-state index in [4.69, 9.17) is 30.1 Å². The van der Waals surface area contributed by atoms with E-state index in [1.807, 2.05) is 91.0 Å². The standard InChI is InChI=1S/C29H29O5.Li/c1-3-25-26(31-19-22-13-7-4-8-14-22)27(32-20-23-15-9-5-10-16-23)28(29(30-2)34-25)33-21-24-17-11-6-12-18-24;/h4-18,25-29H,19-21H2,2H3;/q-1;+1/t25-,26-,27+,28-,29+;/m1./s1. The molecule has 0 aromatic heterocycles. The van der Waals surface area contributed by atoms with Gasteiger partial charge < -0.3 is 36.0 Å². The van der Waals surface area contributed by atoms with Gasteiger partial charge in [-0.05, 0) is 16.7 Å². The smallest absolute Gasteiger partial charge is 0.691 e. The molecule has 0 unspecified atom stereocenters. The van der Waals surface area contributed by atoms with Gasteiger partial charge in [0.05, 0.1) is 19.8 Å². The second-order valence-corrected chi connectivity index (χ2v) is 8.09. The molecule has 5 nitrogen and oxygen atoms in total. The van der Waals surface area contributed by atoms with Crippen LogP contribution in [0.4, 0.5) is 0 Å². The molecule has 3 aromatic rings. The SMILES string of the molecule is [C-]#C[C@H]1O[C@H](OC)[C@H](OCc2ccccc2)[C@@H](OCc2ccccc2)[C@@H]1OCc1ccccc1.[Li+]. The van der Waals surface area contributed by atoms with Gasteiger partial charge in [0.1, 0.15) is 24.4 Å². The fourth-order valence-corrected chi connectivity index (χ4v) is 3.96. The molecule has 0 radical (unpaired) electrons. The van der Waals surface area contributed by atoms with Crippen molar-refractivity contribution in [3.63, 3.8) is 0 Å². The predicted octanol–water partition coefficient (Wildman–Crippen LogP) is 1.71. The van der Waals surface area contributed by atoms with Crippen molar-refractivity contribution in [1.82, 2.24) is 0 Å². The Hall–Kier alpha value is -2.38. The number of hydrogen-bond donors (Lipinski definition) is 0. The molecule has 1 fully saturated rings. The van der Waals surface area contributed by atoms with Gasteiger partial charge in [0.2, 0.25) is 0 Å². The molecular formula is C29H29LiO5. The molecule has 0 bridgehead atoms. The second kappa shape index (κ2) is 14.2. The summed E-state index contributed by atoms with van der Waals surface area (Å²) in [5.74, 6) is 2.46. The van der Waals surface area contributed by atoms with Crippen molar-refractivity contribution in [2.75, 3.05) is 7.11 Å². The minimum Gasteiger partial charge on any atom is -0.691 e. The fourth-order valence-electron chi connectivity index (χ4n) is 3.96. The summed E-state index contributed by atoms with van der Waals surface area (Å²) in [5, 5.41) is 0. The Morgan fingerprint density at radius 3 is 1.46 bits per heavy atom. The largest absolute Gasteiger partial charge is 1.00 e. The summed E-state index contributed by atoms with van der Waals surface area (Å²) >= 11 is 0. The van der Waals surface area contributed by atoms with Crippen LogP contribution in [0, 0.1) is 12.3 Å². The van der Waals surface area contributed by atoms with Gasteiger partial charge >= 0.3 is 18.9 Å². The molecule has 35 heavy (non-hydrogen) atoms. The van der Waals surface area contributed by atoms with Crippen LogP contribution in [-0.4, -0.2) is 37.8 Å². The maximum Gasteiger partial charge on any atom is 1.00 e. The number of methoxy groups -OCH3 is 1. The van der Waals surface area contributed by atoms with E-state index < -0.39 is 30.7 Å². The van der Waals surface area contributed by atoms with Crippen LogP contribution >= 0.6 is 0 Å². The monoisotopic (exact) mass is 464 g/mol. The van der Waals surface area contributed by atoms with Crippen LogP contribution in [0.3, 0.4) is 0 Å². The average Bonchev–Trinajstić information content (AvgIpc) is 2.91. The van der Waals surface area contributed by atoms with Gasteiger partial charge in [-0.3, -0.25) is 0 Å². The third kappa shape index (κ3) is 7.55. The topological polar surface area (TPSA) is 46.2 Å². The summed E-state index contributed by atoms with van der Waals surface area (Å²) in [4.78, 5) is 0. The molecule has 0 aliphatic carbocycles. The summed E-state index contributed by atoms with van der Waals surface area (Å²) in [6.07, 6.45) is 4.65. The van der Waals surface area contributed by atoms with E-state index in [9.17, 15) is 0 Å². The number of rotatable bonds is 10. The molecule has 4 rings (SSSR count). The fraction of sp³-hybridized carbons (Fsp3) is 0.310. The molecule has 1 aliphatic rings. The molecule has 0 spiro atoms. The predicted molar refractivity (Wildman–Crippen MR) is 128 cm³/mol. The van der Waals surface area contributed by atoms with Crippen molar-refractivity contribution in [2.24, 2.45) is 0 Å². The first-order chi connectivity index (χ1) is 16.8. The van der Waals surface area contributed by atoms with E-state index >= 15 is 0 Å². The molecule has 6 heteroatoms. The number of hydrogen-bond acceptors (Lipinski definition) is 5. The zero-order valence-electron chi connectivity index (χ0n) is 20.2. The van der Waals surface area contributed by atoms with Gasteiger partial charge in [-0.1, -0.05) is 91.0 Å². The molecule has 1 heterocycles. The normalized spacial score (nSPS) is 23.7. The van der Waals surface area contributed by atoms with Crippen LogP contribution in [-0.2, 0) is 43.5 Å². The Morgan fingerprint density at radius 2 is 1.06 bits per heavy atom. The van der Waals surface area contributed by atoms with Crippen molar-refractivity contribution < 1.29 is 42.5 Å². The zero-order chi connectivity index (χ0) is 23.6. The molecule has 0 saturated carbocycles. The Kier molecular flexibility index (Phi) is 11.1. The summed E-state index contributed by atoms with van der Waals surface area (Å²) < 4.78 is 30.6. The third-order valence-corrected chi connectivity index (χ3v) is 5.73. The van der Waals surface area contributed by atoms with Crippen LogP contribution in [0.25, 0.3) is 0 Å². The second-order valence-electron chi connectivity index (χ2n) is 8.09. The van der Waals surface area contributed by atoms with Gasteiger partial charge in [-0.15, -0.1) is 0 Å². The Morgan fingerprint density at radius 1 is 0.657 bits per heavy atom. The Balaban J connectivity index is 0.00000342. The van der Waals surface area contributed by atoms with Crippen molar-refractivity contribution in [2.45, 2.75) is 50.5 Å². The molecule has 1 aliphatic heterocycles. The first kappa shape index (κ1) is 27.2. The van der Waals surface area contributed by atoms with E-state index in [-0.39, 0.29) is 18.9 Å². The third-order valence-electron chi connectivity index (χ3n) is 5.73. The van der Waals surface area contributed by atoms with E-state index in [0.717, 1.165) is 16.7 Å². The quantitative estimate of drug-likeness (QED) is 0.260. The maximum absolute atomic E-state index is 7.86. The molecular weight excluding hydrogens is 435 g/mol. The first-order valence-electron chi connectivity index (χ1n) is 11.4. The van der Waals surface area contributed by atoms with Crippen molar-refractivity contribution >= 4 is 0 Å². The summed E-state index contributed by atoms with van der Waals surface area (Å²) in [6.45, 7) is 1.08. The van der Waals surface area contributed by atoms with E-state index in [1.165, 1.54) is 0 Å². The molecule has 3 aromatic carbocycles. The van der Waals surface area contributed by atoms with Crippen molar-refractivity contribution in [3.05, 3.63) is 114 Å². The van der Waals surface area contributed by atoms with E-state index in [2.05, 4.69) is 5.92 Å². The molecule has 0 amide bonds. The molecule has 0 N–H and O–H groups in total. The van der Waals surface area contributed by atoms with Crippen LogP contribution < -0.4 is 18.9 Å². The number of benzene rings is 3. The van der Waals surface area contributed by atoms with Crippen LogP contribution in [0.2, 0.25) is 0 Å². The van der Waals surface area contributed by atoms with Gasteiger partial charge in [-0.2, -0.15) is 0 Å². The minimum absolute atomic E-state index is 0. The van der Waals surface area contributed by atoms with Gasteiger partial charge in [-0.25, -0.2) is 0 Å². The molecule has 5 atom stereocenters. The first-order valence-corrected chi connectivity index (χ1v) is 11.4. The summed E-state index contributed by atoms with van der Waals surface area (Å²) in [6, 6.07) is 29.7. The number of ether oxygens (including phenoxy) is 5. The van der Waals surface area contributed by atoms with Crippen LogP contribution in [0.5, 0.6) is 0 Å². The van der Waals surface area contributed by atoms with Gasteiger partial charge in [0.25, 0.3) is 0 Å². The van der Waals surface area contributed by atoms with E-state index in [0.29, 0.717) is 19.8 Å². The average molecular weight is 464 g/mol.